The van der Waals surface area contributed by atoms with E-state index in [-0.39, 0.29) is 18.1 Å². The summed E-state index contributed by atoms with van der Waals surface area (Å²) in [6.45, 7) is 6.00. The molecule has 0 aromatic carbocycles. The Morgan fingerprint density at radius 1 is 1.39 bits per heavy atom. The van der Waals surface area contributed by atoms with Gasteiger partial charge in [0.15, 0.2) is 0 Å². The molecule has 0 aliphatic heterocycles. The largest absolute Gasteiger partial charge is 0.331 e. The molecule has 2 rings (SSSR count). The van der Waals surface area contributed by atoms with E-state index in [0.29, 0.717) is 0 Å². The van der Waals surface area contributed by atoms with Crippen molar-refractivity contribution in [3.63, 3.8) is 0 Å². The van der Waals surface area contributed by atoms with Gasteiger partial charge in [0.05, 0.1) is 17.8 Å². The molecule has 0 unspecified atom stereocenters. The fourth-order valence-electron chi connectivity index (χ4n) is 2.87. The molecular formula is C17H25N5O. The summed E-state index contributed by atoms with van der Waals surface area (Å²) < 4.78 is 1.77. The van der Waals surface area contributed by atoms with Crippen molar-refractivity contribution in [2.75, 3.05) is 7.05 Å². The Balaban J connectivity index is 2.08. The summed E-state index contributed by atoms with van der Waals surface area (Å²) in [4.78, 5) is 18.4. The van der Waals surface area contributed by atoms with Crippen LogP contribution in [0.2, 0.25) is 0 Å². The molecule has 0 aliphatic carbocycles. The van der Waals surface area contributed by atoms with E-state index in [1.165, 1.54) is 0 Å². The highest BCUT2D eigenvalue weighted by Gasteiger charge is 2.22. The average molecular weight is 315 g/mol. The van der Waals surface area contributed by atoms with Gasteiger partial charge in [-0.05, 0) is 38.0 Å². The Hall–Kier alpha value is -2.37. The maximum absolute atomic E-state index is 12.6. The third kappa shape index (κ3) is 3.88. The van der Waals surface area contributed by atoms with Gasteiger partial charge in [0.2, 0.25) is 0 Å². The first-order chi connectivity index (χ1) is 10.9. The van der Waals surface area contributed by atoms with Crippen LogP contribution in [-0.2, 0) is 7.05 Å². The highest BCUT2D eigenvalue weighted by atomic mass is 16.2. The van der Waals surface area contributed by atoms with Crippen LogP contribution >= 0.6 is 0 Å². The van der Waals surface area contributed by atoms with Gasteiger partial charge in [-0.1, -0.05) is 6.92 Å². The normalized spacial score (nSPS) is 13.4. The molecule has 2 aromatic rings. The van der Waals surface area contributed by atoms with Crippen molar-refractivity contribution in [2.24, 2.45) is 7.05 Å². The number of hydrogen-bond donors (Lipinski definition) is 1. The van der Waals surface area contributed by atoms with Gasteiger partial charge >= 0.3 is 6.03 Å². The van der Waals surface area contributed by atoms with Crippen molar-refractivity contribution in [3.8, 4) is 0 Å². The van der Waals surface area contributed by atoms with E-state index < -0.39 is 0 Å². The van der Waals surface area contributed by atoms with E-state index in [0.717, 1.165) is 23.2 Å². The molecule has 0 bridgehead atoms. The second kappa shape index (κ2) is 7.26. The van der Waals surface area contributed by atoms with Crippen molar-refractivity contribution in [3.05, 3.63) is 47.5 Å². The fourth-order valence-corrected chi connectivity index (χ4v) is 2.87. The van der Waals surface area contributed by atoms with Crippen LogP contribution in [0.25, 0.3) is 0 Å². The first kappa shape index (κ1) is 17.0. The minimum Gasteiger partial charge on any atom is -0.331 e. The van der Waals surface area contributed by atoms with Gasteiger partial charge < -0.3 is 10.2 Å². The van der Waals surface area contributed by atoms with Crippen molar-refractivity contribution >= 4 is 6.03 Å². The molecule has 0 fully saturated rings. The number of pyridine rings is 1. The van der Waals surface area contributed by atoms with Gasteiger partial charge in [0.25, 0.3) is 0 Å². The van der Waals surface area contributed by atoms with Gasteiger partial charge in [-0.15, -0.1) is 0 Å². The number of rotatable bonds is 5. The summed E-state index contributed by atoms with van der Waals surface area (Å²) >= 11 is 0. The molecule has 2 atom stereocenters. The van der Waals surface area contributed by atoms with E-state index in [9.17, 15) is 4.79 Å². The number of carbonyl (C=O) groups excluding carboxylic acids is 1. The topological polar surface area (TPSA) is 63.1 Å². The fraction of sp³-hybridized carbons (Fsp3) is 0.471. The lowest BCUT2D eigenvalue weighted by molar-refractivity contribution is 0.185. The summed E-state index contributed by atoms with van der Waals surface area (Å²) in [6.07, 6.45) is 6.30. The minimum atomic E-state index is -0.0931. The molecule has 0 spiro atoms. The zero-order valence-corrected chi connectivity index (χ0v) is 14.4. The Morgan fingerprint density at radius 2 is 2.04 bits per heavy atom. The monoisotopic (exact) mass is 315 g/mol. The summed E-state index contributed by atoms with van der Waals surface area (Å²) in [7, 11) is 3.71. The Morgan fingerprint density at radius 3 is 2.57 bits per heavy atom. The quantitative estimate of drug-likeness (QED) is 0.922. The van der Waals surface area contributed by atoms with Crippen LogP contribution in [0, 0.1) is 6.92 Å². The number of aromatic nitrogens is 3. The van der Waals surface area contributed by atoms with Crippen molar-refractivity contribution < 1.29 is 4.79 Å². The minimum absolute atomic E-state index is 0.0280. The van der Waals surface area contributed by atoms with Crippen LogP contribution in [-0.4, -0.2) is 32.7 Å². The maximum atomic E-state index is 12.6. The molecule has 2 amide bonds. The number of amides is 2. The van der Waals surface area contributed by atoms with Gasteiger partial charge in [0, 0.05) is 38.2 Å². The lowest BCUT2D eigenvalue weighted by atomic mass is 10.1. The second-order valence-corrected chi connectivity index (χ2v) is 5.83. The predicted octanol–water partition coefficient (Wildman–Crippen LogP) is 2.98. The molecule has 124 valence electrons. The highest BCUT2D eigenvalue weighted by molar-refractivity contribution is 5.75. The van der Waals surface area contributed by atoms with E-state index in [1.807, 2.05) is 46.3 Å². The van der Waals surface area contributed by atoms with Gasteiger partial charge in [-0.25, -0.2) is 4.79 Å². The summed E-state index contributed by atoms with van der Waals surface area (Å²) in [6, 6.07) is 3.75. The van der Waals surface area contributed by atoms with Gasteiger partial charge in [0.1, 0.15) is 0 Å². The number of aryl methyl sites for hydroxylation is 2. The van der Waals surface area contributed by atoms with Gasteiger partial charge in [-0.2, -0.15) is 5.10 Å². The predicted molar refractivity (Wildman–Crippen MR) is 89.9 cm³/mol. The lowest BCUT2D eigenvalue weighted by Gasteiger charge is -2.29. The van der Waals surface area contributed by atoms with Gasteiger partial charge in [-0.3, -0.25) is 9.67 Å². The number of nitrogens with zero attached hydrogens (tertiary/aromatic N) is 4. The molecule has 2 aromatic heterocycles. The lowest BCUT2D eigenvalue weighted by Crippen LogP contribution is -2.40. The number of urea groups is 1. The van der Waals surface area contributed by atoms with Crippen LogP contribution in [0.15, 0.2) is 30.7 Å². The zero-order valence-electron chi connectivity index (χ0n) is 14.4. The third-order valence-corrected chi connectivity index (χ3v) is 4.12. The Bertz CT molecular complexity index is 652. The van der Waals surface area contributed by atoms with E-state index in [4.69, 9.17) is 0 Å². The summed E-state index contributed by atoms with van der Waals surface area (Å²) in [5.74, 6) is 0. The number of carbonyl (C=O) groups is 1. The number of hydrogen-bond acceptors (Lipinski definition) is 3. The van der Waals surface area contributed by atoms with Crippen LogP contribution in [0.3, 0.4) is 0 Å². The van der Waals surface area contributed by atoms with Crippen LogP contribution < -0.4 is 5.32 Å². The first-order valence-electron chi connectivity index (χ1n) is 7.87. The highest BCUT2D eigenvalue weighted by Crippen LogP contribution is 2.23. The molecular weight excluding hydrogens is 290 g/mol. The molecule has 2 heterocycles. The molecule has 6 heteroatoms. The van der Waals surface area contributed by atoms with Crippen LogP contribution in [0.1, 0.15) is 49.2 Å². The summed E-state index contributed by atoms with van der Waals surface area (Å²) in [5.41, 5.74) is 3.06. The molecule has 0 radical (unpaired) electrons. The molecule has 6 nitrogen and oxygen atoms in total. The van der Waals surface area contributed by atoms with Crippen LogP contribution in [0.4, 0.5) is 4.79 Å². The molecule has 0 saturated heterocycles. The Kier molecular flexibility index (Phi) is 5.36. The first-order valence-corrected chi connectivity index (χ1v) is 7.87. The van der Waals surface area contributed by atoms with E-state index >= 15 is 0 Å². The standard InChI is InChI=1S/C17H25N5O/c1-6-16(14-7-9-18-10-8-14)22(5)17(23)19-12(2)15-11-21(4)20-13(15)3/h7-12,16H,6H2,1-5H3,(H,19,23)/t12-,16-/m1/s1. The second-order valence-electron chi connectivity index (χ2n) is 5.83. The SMILES string of the molecule is CC[C@H](c1ccncc1)N(C)C(=O)N[C@H](C)c1cn(C)nc1C. The average Bonchev–Trinajstić information content (AvgIpc) is 2.87. The third-order valence-electron chi connectivity index (χ3n) is 4.12. The molecule has 23 heavy (non-hydrogen) atoms. The zero-order chi connectivity index (χ0) is 17.0. The van der Waals surface area contributed by atoms with E-state index in [1.54, 1.807) is 22.0 Å². The smallest absolute Gasteiger partial charge is 0.318 e. The Labute approximate surface area is 137 Å². The van der Waals surface area contributed by atoms with Crippen molar-refractivity contribution in [1.29, 1.82) is 0 Å². The van der Waals surface area contributed by atoms with Crippen LogP contribution in [0.5, 0.6) is 0 Å². The van der Waals surface area contributed by atoms with Crippen molar-refractivity contribution in [2.45, 2.75) is 39.3 Å². The molecule has 0 aliphatic rings. The molecule has 0 saturated carbocycles. The summed E-state index contributed by atoms with van der Waals surface area (Å²) in [5, 5.41) is 7.38. The maximum Gasteiger partial charge on any atom is 0.318 e. The van der Waals surface area contributed by atoms with E-state index in [2.05, 4.69) is 22.3 Å². The molecule has 1 N–H and O–H groups in total. The number of nitrogens with one attached hydrogen (secondary N) is 1. The van der Waals surface area contributed by atoms with Crippen molar-refractivity contribution in [1.82, 2.24) is 25.0 Å².